The number of aromatic nitrogens is 1. The molecule has 3 aromatic rings. The Bertz CT molecular complexity index is 833. The average molecular weight is 301 g/mol. The molecule has 2 aromatic carbocycles. The number of benzene rings is 2. The van der Waals surface area contributed by atoms with Gasteiger partial charge in [-0.05, 0) is 66.0 Å². The molecule has 0 amide bonds. The standard InChI is InChI=1S/C22H23N/c1-2-9-19-17-12-6-7-13-18(17)21(16-10-4-3-5-11-16)20-14-8-15-23-22(19)20/h3-5,8,10-11,14-15H,2,6-7,9,12-13H2,1H3. The number of fused-ring (bicyclic) bond motifs is 2. The number of hydrogen-bond donors (Lipinski definition) is 0. The van der Waals surface area contributed by atoms with Crippen LogP contribution in [0, 0.1) is 0 Å². The van der Waals surface area contributed by atoms with Crippen LogP contribution >= 0.6 is 0 Å². The second-order valence-corrected chi connectivity index (χ2v) is 6.53. The summed E-state index contributed by atoms with van der Waals surface area (Å²) in [4.78, 5) is 4.79. The van der Waals surface area contributed by atoms with E-state index < -0.39 is 0 Å². The third-order valence-corrected chi connectivity index (χ3v) is 5.06. The highest BCUT2D eigenvalue weighted by atomic mass is 14.7. The summed E-state index contributed by atoms with van der Waals surface area (Å²) in [6.07, 6.45) is 9.33. The molecular formula is C22H23N. The van der Waals surface area contributed by atoms with Crippen LogP contribution in [0.5, 0.6) is 0 Å². The van der Waals surface area contributed by atoms with Crippen LogP contribution in [0.3, 0.4) is 0 Å². The van der Waals surface area contributed by atoms with Crippen LogP contribution < -0.4 is 0 Å². The minimum atomic E-state index is 1.14. The van der Waals surface area contributed by atoms with E-state index >= 15 is 0 Å². The molecule has 0 N–H and O–H groups in total. The van der Waals surface area contributed by atoms with Gasteiger partial charge in [0.05, 0.1) is 5.52 Å². The maximum absolute atomic E-state index is 4.79. The van der Waals surface area contributed by atoms with Gasteiger partial charge in [0.1, 0.15) is 0 Å². The summed E-state index contributed by atoms with van der Waals surface area (Å²) in [7, 11) is 0. The summed E-state index contributed by atoms with van der Waals surface area (Å²) >= 11 is 0. The average Bonchev–Trinajstić information content (AvgIpc) is 2.62. The Labute approximate surface area is 138 Å². The molecule has 1 aliphatic carbocycles. The van der Waals surface area contributed by atoms with E-state index in [-0.39, 0.29) is 0 Å². The number of hydrogen-bond acceptors (Lipinski definition) is 1. The summed E-state index contributed by atoms with van der Waals surface area (Å²) in [5, 5.41) is 1.34. The van der Waals surface area contributed by atoms with Gasteiger partial charge in [0.25, 0.3) is 0 Å². The topological polar surface area (TPSA) is 12.9 Å². The van der Waals surface area contributed by atoms with Crippen molar-refractivity contribution >= 4 is 10.9 Å². The maximum Gasteiger partial charge on any atom is 0.0743 e. The first-order valence-electron chi connectivity index (χ1n) is 8.87. The number of nitrogens with zero attached hydrogens (tertiary/aromatic N) is 1. The van der Waals surface area contributed by atoms with Gasteiger partial charge in [0.15, 0.2) is 0 Å². The van der Waals surface area contributed by atoms with E-state index in [1.54, 1.807) is 11.1 Å². The Morgan fingerprint density at radius 3 is 2.48 bits per heavy atom. The molecule has 116 valence electrons. The lowest BCUT2D eigenvalue weighted by molar-refractivity contribution is 0.679. The third-order valence-electron chi connectivity index (χ3n) is 5.06. The second-order valence-electron chi connectivity index (χ2n) is 6.53. The first-order chi connectivity index (χ1) is 11.4. The van der Waals surface area contributed by atoms with Crippen molar-refractivity contribution in [2.75, 3.05) is 0 Å². The van der Waals surface area contributed by atoms with Crippen LogP contribution in [0.25, 0.3) is 22.0 Å². The van der Waals surface area contributed by atoms with Gasteiger partial charge in [0.2, 0.25) is 0 Å². The Morgan fingerprint density at radius 2 is 1.70 bits per heavy atom. The number of aryl methyl sites for hydroxylation is 1. The monoisotopic (exact) mass is 301 g/mol. The molecular weight excluding hydrogens is 278 g/mol. The summed E-state index contributed by atoms with van der Waals surface area (Å²) in [5.74, 6) is 0. The summed E-state index contributed by atoms with van der Waals surface area (Å²) in [6, 6.07) is 15.2. The van der Waals surface area contributed by atoms with Crippen LogP contribution in [0.2, 0.25) is 0 Å². The molecule has 0 aliphatic heterocycles. The molecule has 1 heterocycles. The van der Waals surface area contributed by atoms with E-state index in [4.69, 9.17) is 4.98 Å². The van der Waals surface area contributed by atoms with Crippen molar-refractivity contribution < 1.29 is 0 Å². The van der Waals surface area contributed by atoms with Crippen molar-refractivity contribution in [3.8, 4) is 11.1 Å². The highest BCUT2D eigenvalue weighted by molar-refractivity contribution is 5.99. The number of pyridine rings is 1. The first kappa shape index (κ1) is 14.4. The fourth-order valence-electron chi connectivity index (χ4n) is 4.12. The van der Waals surface area contributed by atoms with Crippen LogP contribution in [-0.4, -0.2) is 4.98 Å². The molecule has 0 unspecified atom stereocenters. The molecule has 1 heteroatoms. The summed E-state index contributed by atoms with van der Waals surface area (Å²) in [6.45, 7) is 2.27. The lowest BCUT2D eigenvalue weighted by Gasteiger charge is -2.25. The zero-order valence-corrected chi connectivity index (χ0v) is 13.8. The summed E-state index contributed by atoms with van der Waals surface area (Å²) in [5.41, 5.74) is 8.70. The smallest absolute Gasteiger partial charge is 0.0743 e. The molecule has 0 radical (unpaired) electrons. The van der Waals surface area contributed by atoms with Crippen molar-refractivity contribution in [1.82, 2.24) is 4.98 Å². The van der Waals surface area contributed by atoms with Crippen molar-refractivity contribution in [3.05, 3.63) is 65.4 Å². The van der Waals surface area contributed by atoms with E-state index in [0.717, 1.165) is 6.42 Å². The molecule has 0 saturated carbocycles. The SMILES string of the molecule is CCCc1c2c(c(-c3ccccc3)c3cccnc13)CCCC2. The van der Waals surface area contributed by atoms with Gasteiger partial charge in [-0.2, -0.15) is 0 Å². The van der Waals surface area contributed by atoms with E-state index in [2.05, 4.69) is 49.4 Å². The second kappa shape index (κ2) is 6.16. The van der Waals surface area contributed by atoms with E-state index in [0.29, 0.717) is 0 Å². The molecule has 4 rings (SSSR count). The molecule has 0 fully saturated rings. The van der Waals surface area contributed by atoms with Crippen LogP contribution in [0.15, 0.2) is 48.7 Å². The Hall–Kier alpha value is -2.15. The number of rotatable bonds is 3. The van der Waals surface area contributed by atoms with Crippen molar-refractivity contribution in [2.45, 2.75) is 45.4 Å². The Morgan fingerprint density at radius 1 is 0.913 bits per heavy atom. The molecule has 0 atom stereocenters. The largest absolute Gasteiger partial charge is 0.256 e. The zero-order chi connectivity index (χ0) is 15.6. The molecule has 0 saturated heterocycles. The molecule has 0 spiro atoms. The molecule has 1 aliphatic rings. The molecule has 1 nitrogen and oxygen atoms in total. The molecule has 0 bridgehead atoms. The highest BCUT2D eigenvalue weighted by Gasteiger charge is 2.22. The highest BCUT2D eigenvalue weighted by Crippen LogP contribution is 2.40. The van der Waals surface area contributed by atoms with Crippen LogP contribution in [0.4, 0.5) is 0 Å². The van der Waals surface area contributed by atoms with Gasteiger partial charge >= 0.3 is 0 Å². The minimum absolute atomic E-state index is 1.14. The molecule has 1 aromatic heterocycles. The summed E-state index contributed by atoms with van der Waals surface area (Å²) < 4.78 is 0. The van der Waals surface area contributed by atoms with Gasteiger partial charge in [-0.15, -0.1) is 0 Å². The van der Waals surface area contributed by atoms with Gasteiger partial charge in [0, 0.05) is 11.6 Å². The van der Waals surface area contributed by atoms with E-state index in [9.17, 15) is 0 Å². The predicted octanol–water partition coefficient (Wildman–Crippen LogP) is 5.73. The zero-order valence-electron chi connectivity index (χ0n) is 13.8. The maximum atomic E-state index is 4.79. The van der Waals surface area contributed by atoms with E-state index in [1.807, 2.05) is 6.20 Å². The normalized spacial score (nSPS) is 14.0. The van der Waals surface area contributed by atoms with Gasteiger partial charge in [-0.25, -0.2) is 0 Å². The quantitative estimate of drug-likeness (QED) is 0.601. The van der Waals surface area contributed by atoms with E-state index in [1.165, 1.54) is 59.7 Å². The Kier molecular flexibility index (Phi) is 3.87. The van der Waals surface area contributed by atoms with Gasteiger partial charge < -0.3 is 0 Å². The van der Waals surface area contributed by atoms with Crippen molar-refractivity contribution in [2.24, 2.45) is 0 Å². The molecule has 23 heavy (non-hydrogen) atoms. The fraction of sp³-hybridized carbons (Fsp3) is 0.318. The predicted molar refractivity (Wildman–Crippen MR) is 97.8 cm³/mol. The lowest BCUT2D eigenvalue weighted by atomic mass is 9.80. The van der Waals surface area contributed by atoms with Crippen molar-refractivity contribution in [3.63, 3.8) is 0 Å². The first-order valence-corrected chi connectivity index (χ1v) is 8.87. The van der Waals surface area contributed by atoms with Crippen molar-refractivity contribution in [1.29, 1.82) is 0 Å². The van der Waals surface area contributed by atoms with Crippen LogP contribution in [0.1, 0.15) is 42.9 Å². The van der Waals surface area contributed by atoms with Crippen LogP contribution in [-0.2, 0) is 19.3 Å². The fourth-order valence-corrected chi connectivity index (χ4v) is 4.12. The van der Waals surface area contributed by atoms with Gasteiger partial charge in [-0.3, -0.25) is 4.98 Å². The van der Waals surface area contributed by atoms with Gasteiger partial charge in [-0.1, -0.05) is 49.7 Å². The lowest BCUT2D eigenvalue weighted by Crippen LogP contribution is -2.10. The minimum Gasteiger partial charge on any atom is -0.256 e. The third kappa shape index (κ3) is 2.45. The Balaban J connectivity index is 2.11.